The number of amides is 1. The molecule has 1 aliphatic carbocycles. The largest absolute Gasteiger partial charge is 0.332 e. The summed E-state index contributed by atoms with van der Waals surface area (Å²) in [5, 5.41) is 0. The van der Waals surface area contributed by atoms with Crippen molar-refractivity contribution >= 4 is 16.9 Å². The molecule has 1 amide bonds. The van der Waals surface area contributed by atoms with Crippen LogP contribution in [0.3, 0.4) is 0 Å². The SMILES string of the molecule is C=CCN(C(=O)CCn1c(=O)n(CC)c2ccccc21)C1CCc2ccccc21. The Morgan fingerprint density at radius 1 is 1.14 bits per heavy atom. The van der Waals surface area contributed by atoms with Gasteiger partial charge in [0.05, 0.1) is 17.1 Å². The predicted molar refractivity (Wildman–Crippen MR) is 116 cm³/mol. The minimum Gasteiger partial charge on any atom is -0.332 e. The molecule has 0 saturated carbocycles. The molecule has 0 bridgehead atoms. The van der Waals surface area contributed by atoms with Crippen molar-refractivity contribution in [3.63, 3.8) is 0 Å². The number of nitrogens with zero attached hydrogens (tertiary/aromatic N) is 3. The van der Waals surface area contributed by atoms with E-state index in [-0.39, 0.29) is 17.6 Å². The second-order valence-corrected chi connectivity index (χ2v) is 7.51. The Morgan fingerprint density at radius 2 is 1.83 bits per heavy atom. The van der Waals surface area contributed by atoms with E-state index in [0.717, 1.165) is 23.9 Å². The monoisotopic (exact) mass is 389 g/mol. The van der Waals surface area contributed by atoms with Gasteiger partial charge in [0.25, 0.3) is 0 Å². The second-order valence-electron chi connectivity index (χ2n) is 7.51. The molecule has 1 unspecified atom stereocenters. The van der Waals surface area contributed by atoms with Crippen molar-refractivity contribution in [2.24, 2.45) is 0 Å². The third-order valence-electron chi connectivity index (χ3n) is 5.91. The highest BCUT2D eigenvalue weighted by Crippen LogP contribution is 2.35. The first-order valence-electron chi connectivity index (χ1n) is 10.3. The first-order valence-corrected chi connectivity index (χ1v) is 10.3. The normalized spacial score (nSPS) is 15.4. The number of aryl methyl sites for hydroxylation is 3. The number of hydrogen-bond donors (Lipinski definition) is 0. The zero-order valence-corrected chi connectivity index (χ0v) is 16.9. The van der Waals surface area contributed by atoms with Crippen molar-refractivity contribution < 1.29 is 4.79 Å². The highest BCUT2D eigenvalue weighted by atomic mass is 16.2. The van der Waals surface area contributed by atoms with E-state index in [9.17, 15) is 9.59 Å². The molecule has 3 aromatic rings. The molecule has 0 spiro atoms. The molecule has 29 heavy (non-hydrogen) atoms. The van der Waals surface area contributed by atoms with Gasteiger partial charge in [-0.05, 0) is 43.0 Å². The average molecular weight is 389 g/mol. The van der Waals surface area contributed by atoms with Gasteiger partial charge in [0.15, 0.2) is 0 Å². The summed E-state index contributed by atoms with van der Waals surface area (Å²) in [4.78, 5) is 27.9. The summed E-state index contributed by atoms with van der Waals surface area (Å²) in [6, 6.07) is 16.2. The number of fused-ring (bicyclic) bond motifs is 2. The first kappa shape index (κ1) is 19.2. The highest BCUT2D eigenvalue weighted by molar-refractivity contribution is 5.78. The summed E-state index contributed by atoms with van der Waals surface area (Å²) in [5.41, 5.74) is 4.31. The summed E-state index contributed by atoms with van der Waals surface area (Å²) < 4.78 is 3.49. The average Bonchev–Trinajstić information content (AvgIpc) is 3.28. The van der Waals surface area contributed by atoms with Gasteiger partial charge in [0.2, 0.25) is 5.91 Å². The lowest BCUT2D eigenvalue weighted by atomic mass is 10.1. The molecule has 5 heteroatoms. The molecule has 1 heterocycles. The molecule has 0 N–H and O–H groups in total. The second kappa shape index (κ2) is 8.11. The molecule has 4 rings (SSSR count). The summed E-state index contributed by atoms with van der Waals surface area (Å²) in [5.74, 6) is 0.0619. The Labute approximate surface area is 170 Å². The lowest BCUT2D eigenvalue weighted by molar-refractivity contribution is -0.133. The molecule has 0 saturated heterocycles. The van der Waals surface area contributed by atoms with E-state index in [1.54, 1.807) is 15.2 Å². The van der Waals surface area contributed by atoms with Crippen LogP contribution in [0.2, 0.25) is 0 Å². The Balaban J connectivity index is 1.57. The quantitative estimate of drug-likeness (QED) is 0.575. The van der Waals surface area contributed by atoms with Crippen LogP contribution < -0.4 is 5.69 Å². The molecular weight excluding hydrogens is 362 g/mol. The number of hydrogen-bond acceptors (Lipinski definition) is 2. The van der Waals surface area contributed by atoms with Gasteiger partial charge >= 0.3 is 5.69 Å². The number of benzene rings is 2. The van der Waals surface area contributed by atoms with Crippen molar-refractivity contribution in [2.75, 3.05) is 6.54 Å². The fourth-order valence-electron chi connectivity index (χ4n) is 4.55. The summed E-state index contributed by atoms with van der Waals surface area (Å²) in [6.07, 6.45) is 4.01. The Morgan fingerprint density at radius 3 is 2.55 bits per heavy atom. The summed E-state index contributed by atoms with van der Waals surface area (Å²) in [7, 11) is 0. The maximum atomic E-state index is 13.2. The van der Waals surface area contributed by atoms with Crippen LogP contribution >= 0.6 is 0 Å². The zero-order valence-electron chi connectivity index (χ0n) is 16.9. The number of aromatic nitrogens is 2. The van der Waals surface area contributed by atoms with E-state index in [2.05, 4.69) is 24.8 Å². The molecule has 1 aliphatic rings. The van der Waals surface area contributed by atoms with Crippen LogP contribution in [0.5, 0.6) is 0 Å². The van der Waals surface area contributed by atoms with E-state index in [4.69, 9.17) is 0 Å². The summed E-state index contributed by atoms with van der Waals surface area (Å²) in [6.45, 7) is 7.32. The van der Waals surface area contributed by atoms with Crippen LogP contribution in [-0.4, -0.2) is 26.5 Å². The van der Waals surface area contributed by atoms with Gasteiger partial charge in [-0.3, -0.25) is 13.9 Å². The van der Waals surface area contributed by atoms with E-state index >= 15 is 0 Å². The minimum atomic E-state index is -0.0528. The van der Waals surface area contributed by atoms with Gasteiger partial charge in [-0.1, -0.05) is 42.5 Å². The molecule has 2 aromatic carbocycles. The third-order valence-corrected chi connectivity index (χ3v) is 5.91. The fourth-order valence-corrected chi connectivity index (χ4v) is 4.55. The van der Waals surface area contributed by atoms with Gasteiger partial charge in [-0.25, -0.2) is 4.79 Å². The van der Waals surface area contributed by atoms with Crippen molar-refractivity contribution in [1.82, 2.24) is 14.0 Å². The van der Waals surface area contributed by atoms with Crippen molar-refractivity contribution in [3.05, 3.63) is 82.8 Å². The lowest BCUT2D eigenvalue weighted by Gasteiger charge is -2.29. The van der Waals surface area contributed by atoms with E-state index in [0.29, 0.717) is 26.1 Å². The molecule has 1 atom stereocenters. The third kappa shape index (κ3) is 3.41. The maximum Gasteiger partial charge on any atom is 0.329 e. The van der Waals surface area contributed by atoms with Crippen LogP contribution in [0, 0.1) is 0 Å². The van der Waals surface area contributed by atoms with Crippen molar-refractivity contribution in [2.45, 2.75) is 45.3 Å². The number of carbonyl (C=O) groups is 1. The summed E-state index contributed by atoms with van der Waals surface area (Å²) >= 11 is 0. The Kier molecular flexibility index (Phi) is 5.38. The van der Waals surface area contributed by atoms with Gasteiger partial charge in [-0.2, -0.15) is 0 Å². The molecule has 0 aliphatic heterocycles. The first-order chi connectivity index (χ1) is 14.2. The van der Waals surface area contributed by atoms with E-state index in [1.165, 1.54) is 11.1 Å². The molecular formula is C24H27N3O2. The van der Waals surface area contributed by atoms with Crippen molar-refractivity contribution in [1.29, 1.82) is 0 Å². The van der Waals surface area contributed by atoms with Crippen LogP contribution in [0.1, 0.15) is 36.9 Å². The van der Waals surface area contributed by atoms with Crippen molar-refractivity contribution in [3.8, 4) is 0 Å². The standard InChI is InChI=1S/C24H27N3O2/c1-3-16-26(20-14-13-18-9-5-6-10-19(18)20)23(28)15-17-27-22-12-8-7-11-21(22)25(4-2)24(27)29/h3,5-12,20H,1,4,13-17H2,2H3. The van der Waals surface area contributed by atoms with Gasteiger partial charge in [0.1, 0.15) is 0 Å². The number of rotatable bonds is 7. The number of para-hydroxylation sites is 2. The van der Waals surface area contributed by atoms with Gasteiger partial charge in [0, 0.05) is 26.1 Å². The number of carbonyl (C=O) groups excluding carboxylic acids is 1. The van der Waals surface area contributed by atoms with Gasteiger partial charge in [-0.15, -0.1) is 6.58 Å². The maximum absolute atomic E-state index is 13.2. The van der Waals surface area contributed by atoms with E-state index < -0.39 is 0 Å². The predicted octanol–water partition coefficient (Wildman–Crippen LogP) is 3.92. The van der Waals surface area contributed by atoms with Crippen LogP contribution in [0.25, 0.3) is 11.0 Å². The van der Waals surface area contributed by atoms with Gasteiger partial charge < -0.3 is 4.90 Å². The Bertz CT molecular complexity index is 1110. The highest BCUT2D eigenvalue weighted by Gasteiger charge is 2.30. The lowest BCUT2D eigenvalue weighted by Crippen LogP contribution is -2.35. The molecule has 1 aromatic heterocycles. The molecule has 0 fully saturated rings. The van der Waals surface area contributed by atoms with Crippen LogP contribution in [-0.2, 0) is 24.3 Å². The molecule has 0 radical (unpaired) electrons. The van der Waals surface area contributed by atoms with E-state index in [1.807, 2.05) is 42.2 Å². The van der Waals surface area contributed by atoms with Crippen LogP contribution in [0.4, 0.5) is 0 Å². The number of imidazole rings is 1. The topological polar surface area (TPSA) is 47.2 Å². The molecule has 5 nitrogen and oxygen atoms in total. The molecule has 150 valence electrons. The zero-order chi connectivity index (χ0) is 20.4. The smallest absolute Gasteiger partial charge is 0.329 e. The van der Waals surface area contributed by atoms with Crippen LogP contribution in [0.15, 0.2) is 66.0 Å². The minimum absolute atomic E-state index is 0.0528. The fraction of sp³-hybridized carbons (Fsp3) is 0.333. The Hall–Kier alpha value is -3.08.